The highest BCUT2D eigenvalue weighted by atomic mass is 16.4. The lowest BCUT2D eigenvalue weighted by molar-refractivity contribution is -0.148. The van der Waals surface area contributed by atoms with Crippen LogP contribution in [-0.4, -0.2) is 47.6 Å². The van der Waals surface area contributed by atoms with E-state index in [1.54, 1.807) is 0 Å². The van der Waals surface area contributed by atoms with Crippen LogP contribution >= 0.6 is 0 Å². The number of aliphatic carboxylic acids is 1. The normalized spacial score (nSPS) is 25.2. The van der Waals surface area contributed by atoms with Crippen LogP contribution in [0.3, 0.4) is 0 Å². The Morgan fingerprint density at radius 2 is 2.11 bits per heavy atom. The summed E-state index contributed by atoms with van der Waals surface area (Å²) in [5.74, 6) is -0.734. The van der Waals surface area contributed by atoms with Crippen molar-refractivity contribution < 1.29 is 14.7 Å². The lowest BCUT2D eigenvalue weighted by Gasteiger charge is -2.26. The molecule has 0 aromatic carbocycles. The Balaban J connectivity index is 2.53. The Bertz CT molecular complexity index is 333. The number of carbonyl (C=O) groups is 2. The molecule has 1 rings (SSSR count). The van der Waals surface area contributed by atoms with E-state index in [0.29, 0.717) is 32.5 Å². The highest BCUT2D eigenvalue weighted by Crippen LogP contribution is 2.35. The zero-order chi connectivity index (χ0) is 14.5. The number of amides is 1. The maximum absolute atomic E-state index is 12.0. The lowest BCUT2D eigenvalue weighted by Crippen LogP contribution is -2.46. The van der Waals surface area contributed by atoms with Crippen LogP contribution in [0, 0.1) is 5.41 Å². The lowest BCUT2D eigenvalue weighted by atomic mass is 9.84. The van der Waals surface area contributed by atoms with Gasteiger partial charge >= 0.3 is 5.97 Å². The third-order valence-corrected chi connectivity index (χ3v) is 4.27. The number of hydrogen-bond acceptors (Lipinski definition) is 3. The van der Waals surface area contributed by atoms with Gasteiger partial charge in [-0.1, -0.05) is 20.3 Å². The molecule has 1 aliphatic heterocycles. The number of carboxylic acids is 1. The predicted molar refractivity (Wildman–Crippen MR) is 73.9 cm³/mol. The van der Waals surface area contributed by atoms with Gasteiger partial charge in [-0.15, -0.1) is 0 Å². The van der Waals surface area contributed by atoms with Crippen molar-refractivity contribution in [1.29, 1.82) is 0 Å². The average molecular weight is 270 g/mol. The molecule has 1 amide bonds. The van der Waals surface area contributed by atoms with Gasteiger partial charge in [-0.25, -0.2) is 0 Å². The zero-order valence-corrected chi connectivity index (χ0v) is 12.2. The van der Waals surface area contributed by atoms with E-state index in [1.807, 2.05) is 18.7 Å². The number of nitrogens with zero attached hydrogens (tertiary/aromatic N) is 1. The number of nitrogens with one attached hydrogen (secondary N) is 1. The molecule has 2 N–H and O–H groups in total. The third-order valence-electron chi connectivity index (χ3n) is 4.27. The molecule has 1 fully saturated rings. The standard InChI is InChI=1S/C14H26N2O3/c1-4-6-8-15-12(17)11(3)16-9-7-14(5-2,10-16)13(18)19/h11H,4-10H2,1-3H3,(H,15,17)(H,18,19). The van der Waals surface area contributed by atoms with Crippen molar-refractivity contribution in [3.05, 3.63) is 0 Å². The summed E-state index contributed by atoms with van der Waals surface area (Å²) in [6, 6.07) is -0.246. The van der Waals surface area contributed by atoms with Gasteiger partial charge in [0, 0.05) is 19.6 Å². The predicted octanol–water partition coefficient (Wildman–Crippen LogP) is 1.48. The molecule has 0 saturated carbocycles. The molecule has 2 unspecified atom stereocenters. The van der Waals surface area contributed by atoms with Crippen molar-refractivity contribution >= 4 is 11.9 Å². The van der Waals surface area contributed by atoms with E-state index in [0.717, 1.165) is 12.8 Å². The summed E-state index contributed by atoms with van der Waals surface area (Å²) in [4.78, 5) is 25.3. The van der Waals surface area contributed by atoms with Crippen LogP contribution in [0.5, 0.6) is 0 Å². The highest BCUT2D eigenvalue weighted by molar-refractivity contribution is 5.81. The molecule has 5 heteroatoms. The first-order chi connectivity index (χ1) is 8.96. The maximum Gasteiger partial charge on any atom is 0.310 e. The third kappa shape index (κ3) is 3.69. The van der Waals surface area contributed by atoms with Gasteiger partial charge in [0.05, 0.1) is 11.5 Å². The van der Waals surface area contributed by atoms with Gasteiger partial charge in [0.1, 0.15) is 0 Å². The molecule has 0 aromatic rings. The van der Waals surface area contributed by atoms with E-state index in [1.165, 1.54) is 0 Å². The second-order valence-electron chi connectivity index (χ2n) is 5.48. The quantitative estimate of drug-likeness (QED) is 0.687. The van der Waals surface area contributed by atoms with E-state index < -0.39 is 11.4 Å². The fourth-order valence-corrected chi connectivity index (χ4v) is 2.55. The van der Waals surface area contributed by atoms with Gasteiger partial charge in [0.25, 0.3) is 0 Å². The molecule has 0 aromatic heterocycles. The number of carboxylic acid groups (broad SMARTS) is 1. The molecule has 0 aliphatic carbocycles. The van der Waals surface area contributed by atoms with Gasteiger partial charge in [0.2, 0.25) is 5.91 Å². The van der Waals surface area contributed by atoms with E-state index in [-0.39, 0.29) is 11.9 Å². The SMILES string of the molecule is CCCCNC(=O)C(C)N1CCC(CC)(C(=O)O)C1. The summed E-state index contributed by atoms with van der Waals surface area (Å²) < 4.78 is 0. The minimum Gasteiger partial charge on any atom is -0.481 e. The van der Waals surface area contributed by atoms with E-state index in [9.17, 15) is 14.7 Å². The Hall–Kier alpha value is -1.10. The Labute approximate surface area is 115 Å². The Kier molecular flexibility index (Phi) is 5.79. The van der Waals surface area contributed by atoms with Crippen molar-refractivity contribution in [1.82, 2.24) is 10.2 Å². The molecule has 5 nitrogen and oxygen atoms in total. The summed E-state index contributed by atoms with van der Waals surface area (Å²) in [6.45, 7) is 7.70. The van der Waals surface area contributed by atoms with Gasteiger partial charge in [0.15, 0.2) is 0 Å². The summed E-state index contributed by atoms with van der Waals surface area (Å²) >= 11 is 0. The van der Waals surface area contributed by atoms with E-state index in [2.05, 4.69) is 12.2 Å². The molecular weight excluding hydrogens is 244 g/mol. The number of likely N-dealkylation sites (tertiary alicyclic amines) is 1. The van der Waals surface area contributed by atoms with Gasteiger partial charge in [-0.3, -0.25) is 14.5 Å². The molecule has 0 spiro atoms. The minimum absolute atomic E-state index is 0.00532. The molecule has 1 saturated heterocycles. The fourth-order valence-electron chi connectivity index (χ4n) is 2.55. The zero-order valence-electron chi connectivity index (χ0n) is 12.2. The highest BCUT2D eigenvalue weighted by Gasteiger charge is 2.45. The number of hydrogen-bond donors (Lipinski definition) is 2. The van der Waals surface area contributed by atoms with Crippen molar-refractivity contribution in [2.45, 2.75) is 52.5 Å². The topological polar surface area (TPSA) is 69.6 Å². The van der Waals surface area contributed by atoms with Crippen molar-refractivity contribution in [3.8, 4) is 0 Å². The van der Waals surface area contributed by atoms with Crippen LogP contribution in [0.15, 0.2) is 0 Å². The molecular formula is C14H26N2O3. The first-order valence-electron chi connectivity index (χ1n) is 7.22. The van der Waals surface area contributed by atoms with Crippen LogP contribution in [0.2, 0.25) is 0 Å². The van der Waals surface area contributed by atoms with Crippen LogP contribution in [0.25, 0.3) is 0 Å². The van der Waals surface area contributed by atoms with Crippen LogP contribution in [-0.2, 0) is 9.59 Å². The molecule has 19 heavy (non-hydrogen) atoms. The molecule has 1 aliphatic rings. The molecule has 0 radical (unpaired) electrons. The fraction of sp³-hybridized carbons (Fsp3) is 0.857. The van der Waals surface area contributed by atoms with Crippen LogP contribution < -0.4 is 5.32 Å². The number of rotatable bonds is 7. The van der Waals surface area contributed by atoms with Gasteiger partial charge < -0.3 is 10.4 Å². The summed E-state index contributed by atoms with van der Waals surface area (Å²) in [5.41, 5.74) is -0.669. The minimum atomic E-state index is -0.740. The number of unbranched alkanes of at least 4 members (excludes halogenated alkanes) is 1. The Morgan fingerprint density at radius 1 is 1.42 bits per heavy atom. The molecule has 110 valence electrons. The first-order valence-corrected chi connectivity index (χ1v) is 7.22. The van der Waals surface area contributed by atoms with Crippen molar-refractivity contribution in [2.75, 3.05) is 19.6 Å². The van der Waals surface area contributed by atoms with E-state index in [4.69, 9.17) is 0 Å². The summed E-state index contributed by atoms with van der Waals surface area (Å²) in [7, 11) is 0. The summed E-state index contributed by atoms with van der Waals surface area (Å²) in [5, 5.41) is 12.3. The Morgan fingerprint density at radius 3 is 2.58 bits per heavy atom. The second kappa shape index (κ2) is 6.89. The van der Waals surface area contributed by atoms with Crippen LogP contribution in [0.4, 0.5) is 0 Å². The first kappa shape index (κ1) is 16.0. The largest absolute Gasteiger partial charge is 0.481 e. The van der Waals surface area contributed by atoms with Crippen LogP contribution in [0.1, 0.15) is 46.5 Å². The maximum atomic E-state index is 12.0. The molecule has 0 bridgehead atoms. The summed E-state index contributed by atoms with van der Waals surface area (Å²) in [6.07, 6.45) is 3.28. The number of carbonyl (C=O) groups excluding carboxylic acids is 1. The van der Waals surface area contributed by atoms with Gasteiger partial charge in [-0.2, -0.15) is 0 Å². The van der Waals surface area contributed by atoms with Crippen molar-refractivity contribution in [3.63, 3.8) is 0 Å². The molecule has 1 heterocycles. The van der Waals surface area contributed by atoms with E-state index >= 15 is 0 Å². The molecule has 2 atom stereocenters. The monoisotopic (exact) mass is 270 g/mol. The van der Waals surface area contributed by atoms with Gasteiger partial charge in [-0.05, 0) is 26.2 Å². The average Bonchev–Trinajstić information content (AvgIpc) is 2.83. The van der Waals surface area contributed by atoms with Crippen molar-refractivity contribution in [2.24, 2.45) is 5.41 Å². The smallest absolute Gasteiger partial charge is 0.310 e. The second-order valence-corrected chi connectivity index (χ2v) is 5.48.